The van der Waals surface area contributed by atoms with Gasteiger partial charge in [0, 0.05) is 25.1 Å². The Hall–Kier alpha value is -1.59. The van der Waals surface area contributed by atoms with Crippen molar-refractivity contribution in [1.82, 2.24) is 15.6 Å². The number of thiocarbonyl (C=S) groups is 1. The molecule has 6 heteroatoms. The van der Waals surface area contributed by atoms with Crippen LogP contribution in [-0.2, 0) is 11.2 Å². The Morgan fingerprint density at radius 1 is 1.58 bits per heavy atom. The lowest BCUT2D eigenvalue weighted by molar-refractivity contribution is -0.109. The van der Waals surface area contributed by atoms with Gasteiger partial charge < -0.3 is 20.4 Å². The van der Waals surface area contributed by atoms with Gasteiger partial charge in [-0.2, -0.15) is 0 Å². The van der Waals surface area contributed by atoms with Crippen molar-refractivity contribution < 1.29 is 4.79 Å². The van der Waals surface area contributed by atoms with Crippen molar-refractivity contribution in [3.8, 4) is 0 Å². The minimum absolute atomic E-state index is 0.363. The number of fused-ring (bicyclic) bond motifs is 1. The highest BCUT2D eigenvalue weighted by Gasteiger charge is 2.13. The molecule has 2 aromatic rings. The molecular weight excluding hydrogens is 282 g/mol. The maximum Gasteiger partial charge on any atom is 0.166 e. The third kappa shape index (κ3) is 3.05. The van der Waals surface area contributed by atoms with E-state index in [0.717, 1.165) is 22.8 Å². The van der Waals surface area contributed by atoms with Crippen LogP contribution in [0.2, 0.25) is 5.02 Å². The van der Waals surface area contributed by atoms with Crippen LogP contribution in [0.4, 0.5) is 0 Å². The van der Waals surface area contributed by atoms with Crippen LogP contribution in [-0.4, -0.2) is 29.5 Å². The molecule has 100 valence electrons. The minimum Gasteiger partial charge on any atom is -0.366 e. The molecule has 4 nitrogen and oxygen atoms in total. The van der Waals surface area contributed by atoms with E-state index in [4.69, 9.17) is 23.8 Å². The summed E-state index contributed by atoms with van der Waals surface area (Å²) in [6.45, 7) is 0. The predicted molar refractivity (Wildman–Crippen MR) is 81.7 cm³/mol. The van der Waals surface area contributed by atoms with E-state index in [1.165, 1.54) is 0 Å². The van der Waals surface area contributed by atoms with Gasteiger partial charge in [-0.15, -0.1) is 0 Å². The third-order valence-electron chi connectivity index (χ3n) is 2.90. The van der Waals surface area contributed by atoms with E-state index in [0.29, 0.717) is 16.6 Å². The number of carbonyl (C=O) groups is 1. The van der Waals surface area contributed by atoms with Crippen LogP contribution in [0.5, 0.6) is 0 Å². The van der Waals surface area contributed by atoms with E-state index in [1.54, 1.807) is 7.05 Å². The maximum atomic E-state index is 11.1. The quantitative estimate of drug-likeness (QED) is 0.597. The number of nitrogens with one attached hydrogen (secondary N) is 3. The van der Waals surface area contributed by atoms with Gasteiger partial charge in [-0.1, -0.05) is 23.7 Å². The van der Waals surface area contributed by atoms with Crippen molar-refractivity contribution in [2.24, 2.45) is 0 Å². The first kappa shape index (κ1) is 13.8. The molecule has 19 heavy (non-hydrogen) atoms. The largest absolute Gasteiger partial charge is 0.366 e. The van der Waals surface area contributed by atoms with Crippen LogP contribution in [0.25, 0.3) is 10.9 Å². The summed E-state index contributed by atoms with van der Waals surface area (Å²) < 4.78 is 0. The second-order valence-electron chi connectivity index (χ2n) is 4.15. The number of hydrogen-bond donors (Lipinski definition) is 3. The molecule has 1 aromatic carbocycles. The Morgan fingerprint density at radius 3 is 3.05 bits per heavy atom. The summed E-state index contributed by atoms with van der Waals surface area (Å²) in [7, 11) is 1.71. The first-order valence-corrected chi connectivity index (χ1v) is 6.62. The lowest BCUT2D eigenvalue weighted by Gasteiger charge is -2.13. The fourth-order valence-corrected chi connectivity index (χ4v) is 2.34. The number of para-hydroxylation sites is 1. The molecule has 1 heterocycles. The maximum absolute atomic E-state index is 11.1. The van der Waals surface area contributed by atoms with Gasteiger partial charge in [-0.25, -0.2) is 0 Å². The van der Waals surface area contributed by atoms with Gasteiger partial charge in [0.2, 0.25) is 0 Å². The number of H-pyrrole nitrogens is 1. The van der Waals surface area contributed by atoms with Gasteiger partial charge in [-0.3, -0.25) is 0 Å². The second kappa shape index (κ2) is 6.04. The summed E-state index contributed by atoms with van der Waals surface area (Å²) in [5, 5.41) is 7.88. The normalized spacial score (nSPS) is 12.1. The number of aromatic amines is 1. The monoisotopic (exact) mass is 295 g/mol. The van der Waals surface area contributed by atoms with Crippen LogP contribution in [0.15, 0.2) is 24.4 Å². The Kier molecular flexibility index (Phi) is 4.39. The third-order valence-corrected chi connectivity index (χ3v) is 3.53. The van der Waals surface area contributed by atoms with Crippen LogP contribution in [0.3, 0.4) is 0 Å². The Labute approximate surface area is 121 Å². The van der Waals surface area contributed by atoms with Crippen LogP contribution < -0.4 is 10.6 Å². The molecule has 1 atom stereocenters. The zero-order valence-corrected chi connectivity index (χ0v) is 11.9. The molecule has 0 fully saturated rings. The average Bonchev–Trinajstić information content (AvgIpc) is 2.82. The van der Waals surface area contributed by atoms with Gasteiger partial charge in [0.15, 0.2) is 5.11 Å². The first-order valence-electron chi connectivity index (χ1n) is 5.83. The second-order valence-corrected chi connectivity index (χ2v) is 4.96. The molecule has 0 saturated heterocycles. The molecule has 0 aliphatic heterocycles. The van der Waals surface area contributed by atoms with E-state index in [2.05, 4.69) is 15.6 Å². The number of aromatic nitrogens is 1. The van der Waals surface area contributed by atoms with Gasteiger partial charge in [0.05, 0.1) is 16.6 Å². The highest BCUT2D eigenvalue weighted by Crippen LogP contribution is 2.25. The highest BCUT2D eigenvalue weighted by atomic mass is 35.5. The van der Waals surface area contributed by atoms with E-state index in [-0.39, 0.29) is 6.04 Å². The number of benzene rings is 1. The van der Waals surface area contributed by atoms with Gasteiger partial charge in [-0.05, 0) is 23.8 Å². The molecule has 0 radical (unpaired) electrons. The summed E-state index contributed by atoms with van der Waals surface area (Å²) >= 11 is 11.1. The lowest BCUT2D eigenvalue weighted by Crippen LogP contribution is -2.42. The molecule has 0 amide bonds. The van der Waals surface area contributed by atoms with Crippen molar-refractivity contribution >= 4 is 46.1 Å². The number of aldehydes is 1. The molecular formula is C13H14ClN3OS. The van der Waals surface area contributed by atoms with Crippen LogP contribution in [0.1, 0.15) is 5.56 Å². The topological polar surface area (TPSA) is 56.9 Å². The first-order chi connectivity index (χ1) is 9.15. The lowest BCUT2D eigenvalue weighted by atomic mass is 10.1. The van der Waals surface area contributed by atoms with E-state index in [9.17, 15) is 4.79 Å². The van der Waals surface area contributed by atoms with Gasteiger partial charge in [0.25, 0.3) is 0 Å². The fourth-order valence-electron chi connectivity index (χ4n) is 1.95. The van der Waals surface area contributed by atoms with E-state index in [1.807, 2.05) is 24.4 Å². The SMILES string of the molecule is CNC(=S)NC(C=O)Cc1c[nH]c2c(Cl)cccc12. The summed E-state index contributed by atoms with van der Waals surface area (Å²) in [6.07, 6.45) is 3.27. The van der Waals surface area contributed by atoms with E-state index >= 15 is 0 Å². The zero-order valence-electron chi connectivity index (χ0n) is 10.4. The molecule has 0 spiro atoms. The van der Waals surface area contributed by atoms with Crippen LogP contribution in [0, 0.1) is 0 Å². The van der Waals surface area contributed by atoms with Crippen molar-refractivity contribution in [1.29, 1.82) is 0 Å². The summed E-state index contributed by atoms with van der Waals surface area (Å²) in [4.78, 5) is 14.2. The number of rotatable bonds is 4. The molecule has 2 rings (SSSR count). The Morgan fingerprint density at radius 2 is 2.37 bits per heavy atom. The number of carbonyl (C=O) groups excluding carboxylic acids is 1. The average molecular weight is 296 g/mol. The highest BCUT2D eigenvalue weighted by molar-refractivity contribution is 7.80. The van der Waals surface area contributed by atoms with Crippen LogP contribution >= 0.6 is 23.8 Å². The standard InChI is InChI=1S/C13H14ClN3OS/c1-15-13(19)17-9(7-18)5-8-6-16-12-10(8)3-2-4-11(12)14/h2-4,6-7,9,16H,5H2,1H3,(H2,15,17,19). The fraction of sp³-hybridized carbons (Fsp3) is 0.231. The Bertz CT molecular complexity index is 611. The molecule has 0 saturated carbocycles. The van der Waals surface area contributed by atoms with Crippen molar-refractivity contribution in [2.75, 3.05) is 7.05 Å². The number of halogens is 1. The summed E-state index contributed by atoms with van der Waals surface area (Å²) in [6, 6.07) is 5.34. The van der Waals surface area contributed by atoms with Gasteiger partial charge >= 0.3 is 0 Å². The smallest absolute Gasteiger partial charge is 0.166 e. The van der Waals surface area contributed by atoms with E-state index < -0.39 is 0 Å². The van der Waals surface area contributed by atoms with Crippen molar-refractivity contribution in [3.63, 3.8) is 0 Å². The Balaban J connectivity index is 2.22. The molecule has 0 aliphatic rings. The summed E-state index contributed by atoms with van der Waals surface area (Å²) in [5.41, 5.74) is 1.92. The zero-order chi connectivity index (χ0) is 13.8. The number of hydrogen-bond acceptors (Lipinski definition) is 2. The predicted octanol–water partition coefficient (Wildman–Crippen LogP) is 2.03. The molecule has 3 N–H and O–H groups in total. The minimum atomic E-state index is -0.363. The van der Waals surface area contributed by atoms with Crippen molar-refractivity contribution in [2.45, 2.75) is 12.5 Å². The van der Waals surface area contributed by atoms with Crippen molar-refractivity contribution in [3.05, 3.63) is 35.0 Å². The molecule has 0 aliphatic carbocycles. The van der Waals surface area contributed by atoms with Gasteiger partial charge in [0.1, 0.15) is 6.29 Å². The molecule has 0 bridgehead atoms. The molecule has 1 aromatic heterocycles. The molecule has 1 unspecified atom stereocenters. The summed E-state index contributed by atoms with van der Waals surface area (Å²) in [5.74, 6) is 0.